The molecular weight excluding hydrogens is 206 g/mol. The van der Waals surface area contributed by atoms with Crippen molar-refractivity contribution < 1.29 is 9.90 Å². The number of nitrogens with one attached hydrogen (secondary N) is 2. The van der Waals surface area contributed by atoms with E-state index in [-0.39, 0.29) is 17.7 Å². The van der Waals surface area contributed by atoms with Gasteiger partial charge in [-0.15, -0.1) is 0 Å². The minimum absolute atomic E-state index is 0.150. The number of aromatic hydroxyl groups is 1. The van der Waals surface area contributed by atoms with Crippen LogP contribution in [-0.4, -0.2) is 22.7 Å². The number of anilines is 1. The van der Waals surface area contributed by atoms with Crippen LogP contribution in [0.4, 0.5) is 10.6 Å². The Labute approximate surface area is 94.9 Å². The average Bonchev–Trinajstić information content (AvgIpc) is 2.17. The molecule has 0 saturated carbocycles. The lowest BCUT2D eigenvalue weighted by molar-refractivity contribution is 0.252. The third-order valence-corrected chi connectivity index (χ3v) is 2.11. The van der Waals surface area contributed by atoms with Gasteiger partial charge in [-0.3, -0.25) is 5.32 Å². The first-order valence-corrected chi connectivity index (χ1v) is 5.28. The van der Waals surface area contributed by atoms with Gasteiger partial charge in [0.1, 0.15) is 11.6 Å². The monoisotopic (exact) mass is 223 g/mol. The summed E-state index contributed by atoms with van der Waals surface area (Å²) in [6.45, 7) is 6.30. The van der Waals surface area contributed by atoms with Crippen molar-refractivity contribution in [2.75, 3.05) is 11.9 Å². The van der Waals surface area contributed by atoms with Crippen molar-refractivity contribution in [3.63, 3.8) is 0 Å². The van der Waals surface area contributed by atoms with Crippen LogP contribution in [0, 0.1) is 0 Å². The van der Waals surface area contributed by atoms with Gasteiger partial charge in [0.25, 0.3) is 0 Å². The first-order valence-electron chi connectivity index (χ1n) is 5.28. The maximum atomic E-state index is 11.2. The largest absolute Gasteiger partial charge is 0.507 e. The molecule has 2 amide bonds. The molecule has 0 unspecified atom stereocenters. The van der Waals surface area contributed by atoms with Crippen molar-refractivity contribution in [1.82, 2.24) is 10.3 Å². The summed E-state index contributed by atoms with van der Waals surface area (Å²) < 4.78 is 0. The molecule has 88 valence electrons. The lowest BCUT2D eigenvalue weighted by atomic mass is 10.1. The van der Waals surface area contributed by atoms with E-state index in [0.29, 0.717) is 12.4 Å². The van der Waals surface area contributed by atoms with Gasteiger partial charge in [0, 0.05) is 24.4 Å². The first-order chi connectivity index (χ1) is 7.54. The summed E-state index contributed by atoms with van der Waals surface area (Å²) in [5, 5.41) is 14.8. The number of carbonyl (C=O) groups is 1. The molecule has 1 aromatic heterocycles. The van der Waals surface area contributed by atoms with Gasteiger partial charge < -0.3 is 10.4 Å². The topological polar surface area (TPSA) is 74.2 Å². The van der Waals surface area contributed by atoms with Crippen LogP contribution in [0.2, 0.25) is 0 Å². The second-order valence-electron chi connectivity index (χ2n) is 3.77. The Morgan fingerprint density at radius 2 is 2.25 bits per heavy atom. The minimum Gasteiger partial charge on any atom is -0.507 e. The van der Waals surface area contributed by atoms with E-state index in [2.05, 4.69) is 15.6 Å². The zero-order valence-electron chi connectivity index (χ0n) is 9.74. The molecule has 0 aliphatic carbocycles. The van der Waals surface area contributed by atoms with Crippen LogP contribution in [-0.2, 0) is 0 Å². The molecule has 16 heavy (non-hydrogen) atoms. The fraction of sp³-hybridized carbons (Fsp3) is 0.455. The Hall–Kier alpha value is -1.78. The number of hydrogen-bond donors (Lipinski definition) is 3. The van der Waals surface area contributed by atoms with Gasteiger partial charge in [0.05, 0.1) is 0 Å². The number of carbonyl (C=O) groups excluding carboxylic acids is 1. The molecule has 0 aliphatic rings. The summed E-state index contributed by atoms with van der Waals surface area (Å²) in [6, 6.07) is 1.12. The Kier molecular flexibility index (Phi) is 4.10. The number of amides is 2. The summed E-state index contributed by atoms with van der Waals surface area (Å²) in [6.07, 6.45) is 1.57. The van der Waals surface area contributed by atoms with E-state index < -0.39 is 0 Å². The summed E-state index contributed by atoms with van der Waals surface area (Å²) >= 11 is 0. The third-order valence-electron chi connectivity index (χ3n) is 2.11. The standard InChI is InChI=1S/C11H17N3O2/c1-4-12-11(16)14-10-5-9(15)8(6-13-10)7(2)3/h5-7H,4H2,1-3H3,(H3,12,13,14,15,16). The van der Waals surface area contributed by atoms with E-state index >= 15 is 0 Å². The highest BCUT2D eigenvalue weighted by atomic mass is 16.3. The van der Waals surface area contributed by atoms with Gasteiger partial charge in [-0.05, 0) is 12.8 Å². The second kappa shape index (κ2) is 5.34. The molecule has 0 radical (unpaired) electrons. The fourth-order valence-corrected chi connectivity index (χ4v) is 1.29. The zero-order chi connectivity index (χ0) is 12.1. The molecule has 0 bridgehead atoms. The summed E-state index contributed by atoms with van der Waals surface area (Å²) in [7, 11) is 0. The van der Waals surface area contributed by atoms with Gasteiger partial charge in [0.2, 0.25) is 0 Å². The maximum absolute atomic E-state index is 11.2. The Balaban J connectivity index is 2.77. The molecule has 5 nitrogen and oxygen atoms in total. The predicted molar refractivity (Wildman–Crippen MR) is 62.7 cm³/mol. The van der Waals surface area contributed by atoms with E-state index in [1.165, 1.54) is 6.07 Å². The van der Waals surface area contributed by atoms with Crippen LogP contribution < -0.4 is 10.6 Å². The van der Waals surface area contributed by atoms with E-state index in [1.54, 1.807) is 6.20 Å². The lowest BCUT2D eigenvalue weighted by Crippen LogP contribution is -2.28. The van der Waals surface area contributed by atoms with E-state index in [9.17, 15) is 9.90 Å². The van der Waals surface area contributed by atoms with Gasteiger partial charge in [-0.25, -0.2) is 9.78 Å². The summed E-state index contributed by atoms with van der Waals surface area (Å²) in [4.78, 5) is 15.2. The highest BCUT2D eigenvalue weighted by Crippen LogP contribution is 2.26. The van der Waals surface area contributed by atoms with E-state index in [4.69, 9.17) is 0 Å². The molecule has 0 spiro atoms. The highest BCUT2D eigenvalue weighted by molar-refractivity contribution is 5.88. The van der Waals surface area contributed by atoms with Crippen molar-refractivity contribution in [3.05, 3.63) is 17.8 Å². The number of aromatic nitrogens is 1. The van der Waals surface area contributed by atoms with Gasteiger partial charge in [-0.1, -0.05) is 13.8 Å². The van der Waals surface area contributed by atoms with Crippen molar-refractivity contribution in [1.29, 1.82) is 0 Å². The molecule has 0 aromatic carbocycles. The van der Waals surface area contributed by atoms with Gasteiger partial charge in [-0.2, -0.15) is 0 Å². The van der Waals surface area contributed by atoms with E-state index in [0.717, 1.165) is 5.56 Å². The van der Waals surface area contributed by atoms with Crippen LogP contribution in [0.15, 0.2) is 12.3 Å². The quantitative estimate of drug-likeness (QED) is 0.734. The predicted octanol–water partition coefficient (Wildman–Crippen LogP) is 2.05. The molecule has 0 atom stereocenters. The maximum Gasteiger partial charge on any atom is 0.320 e. The molecule has 1 rings (SSSR count). The molecule has 0 saturated heterocycles. The number of urea groups is 1. The minimum atomic E-state index is -0.327. The number of hydrogen-bond acceptors (Lipinski definition) is 3. The zero-order valence-corrected chi connectivity index (χ0v) is 9.74. The molecule has 0 fully saturated rings. The van der Waals surface area contributed by atoms with Crippen LogP contribution in [0.1, 0.15) is 32.3 Å². The normalized spacial score (nSPS) is 10.2. The van der Waals surface area contributed by atoms with Crippen molar-refractivity contribution in [2.45, 2.75) is 26.7 Å². The first kappa shape index (κ1) is 12.3. The fourth-order valence-electron chi connectivity index (χ4n) is 1.29. The van der Waals surface area contributed by atoms with Crippen LogP contribution >= 0.6 is 0 Å². The number of nitrogens with zero attached hydrogens (tertiary/aromatic N) is 1. The second-order valence-corrected chi connectivity index (χ2v) is 3.77. The van der Waals surface area contributed by atoms with Gasteiger partial charge >= 0.3 is 6.03 Å². The number of rotatable bonds is 3. The number of pyridine rings is 1. The SMILES string of the molecule is CCNC(=O)Nc1cc(O)c(C(C)C)cn1. The summed E-state index contributed by atoms with van der Waals surface area (Å²) in [5.41, 5.74) is 0.765. The van der Waals surface area contributed by atoms with Crippen LogP contribution in [0.5, 0.6) is 5.75 Å². The Bertz CT molecular complexity index is 377. The molecule has 3 N–H and O–H groups in total. The van der Waals surface area contributed by atoms with Crippen LogP contribution in [0.3, 0.4) is 0 Å². The van der Waals surface area contributed by atoms with E-state index in [1.807, 2.05) is 20.8 Å². The highest BCUT2D eigenvalue weighted by Gasteiger charge is 2.08. The molecule has 5 heteroatoms. The van der Waals surface area contributed by atoms with Gasteiger partial charge in [0.15, 0.2) is 0 Å². The van der Waals surface area contributed by atoms with Crippen molar-refractivity contribution >= 4 is 11.8 Å². The third kappa shape index (κ3) is 3.12. The molecule has 1 aromatic rings. The molecule has 1 heterocycles. The lowest BCUT2D eigenvalue weighted by Gasteiger charge is -2.10. The molecule has 0 aliphatic heterocycles. The summed E-state index contributed by atoms with van der Waals surface area (Å²) in [5.74, 6) is 0.690. The Morgan fingerprint density at radius 1 is 1.56 bits per heavy atom. The van der Waals surface area contributed by atoms with Crippen molar-refractivity contribution in [2.24, 2.45) is 0 Å². The Morgan fingerprint density at radius 3 is 2.75 bits per heavy atom. The van der Waals surface area contributed by atoms with Crippen molar-refractivity contribution in [3.8, 4) is 5.75 Å². The molecular formula is C11H17N3O2. The smallest absolute Gasteiger partial charge is 0.320 e. The average molecular weight is 223 g/mol. The van der Waals surface area contributed by atoms with Crippen LogP contribution in [0.25, 0.3) is 0 Å².